The summed E-state index contributed by atoms with van der Waals surface area (Å²) in [4.78, 5) is 26.2. The van der Waals surface area contributed by atoms with E-state index in [0.29, 0.717) is 34.7 Å². The monoisotopic (exact) mass is 384 g/mol. The van der Waals surface area contributed by atoms with Gasteiger partial charge in [0.2, 0.25) is 5.91 Å². The molecule has 0 atom stereocenters. The van der Waals surface area contributed by atoms with Gasteiger partial charge in [-0.2, -0.15) is 0 Å². The highest BCUT2D eigenvalue weighted by molar-refractivity contribution is 8.00. The number of hydrogen-bond donors (Lipinski definition) is 2. The summed E-state index contributed by atoms with van der Waals surface area (Å²) in [6.07, 6.45) is 4.95. The van der Waals surface area contributed by atoms with E-state index in [1.807, 2.05) is 0 Å². The van der Waals surface area contributed by atoms with Crippen LogP contribution in [0.3, 0.4) is 0 Å². The number of amides is 2. The molecule has 0 fully saturated rings. The number of fused-ring (bicyclic) bond motifs is 1. The largest absolute Gasteiger partial charge is 0.385 e. The second-order valence-corrected chi connectivity index (χ2v) is 9.10. The van der Waals surface area contributed by atoms with Crippen LogP contribution in [0.25, 0.3) is 0 Å². The Bertz CT molecular complexity index is 599. The first-order valence-electron chi connectivity index (χ1n) is 8.86. The summed E-state index contributed by atoms with van der Waals surface area (Å²) in [7, 11) is 1.65. The molecule has 2 rings (SSSR count). The standard InChI is InChI=1S/C18H28N2O3S2/c1-12(2)24-11-15(21)20-18-16(17(22)19-9-6-10-23-3)13-7-4-5-8-14(13)25-18/h12H,4-11H2,1-3H3,(H,19,22)(H,20,21). The van der Waals surface area contributed by atoms with E-state index in [9.17, 15) is 9.59 Å². The van der Waals surface area contributed by atoms with Crippen molar-refractivity contribution in [3.8, 4) is 0 Å². The molecule has 140 valence electrons. The molecule has 0 spiro atoms. The van der Waals surface area contributed by atoms with Crippen LogP contribution in [-0.4, -0.2) is 43.1 Å². The zero-order valence-corrected chi connectivity index (χ0v) is 16.9. The van der Waals surface area contributed by atoms with Crippen LogP contribution in [0.5, 0.6) is 0 Å². The van der Waals surface area contributed by atoms with Crippen molar-refractivity contribution in [2.45, 2.75) is 51.2 Å². The number of thiophene rings is 1. The molecule has 1 aliphatic carbocycles. The van der Waals surface area contributed by atoms with Gasteiger partial charge in [0.25, 0.3) is 5.91 Å². The quantitative estimate of drug-likeness (QED) is 0.640. The van der Waals surface area contributed by atoms with Crippen molar-refractivity contribution in [2.24, 2.45) is 0 Å². The second kappa shape index (κ2) is 10.2. The molecule has 1 heterocycles. The summed E-state index contributed by atoms with van der Waals surface area (Å²) < 4.78 is 5.02. The van der Waals surface area contributed by atoms with E-state index in [0.717, 1.165) is 37.7 Å². The lowest BCUT2D eigenvalue weighted by Gasteiger charge is -2.13. The number of carbonyl (C=O) groups is 2. The molecule has 0 bridgehead atoms. The highest BCUT2D eigenvalue weighted by atomic mass is 32.2. The van der Waals surface area contributed by atoms with Crippen molar-refractivity contribution in [1.82, 2.24) is 5.32 Å². The summed E-state index contributed by atoms with van der Waals surface area (Å²) in [5, 5.41) is 7.07. The zero-order valence-electron chi connectivity index (χ0n) is 15.3. The van der Waals surface area contributed by atoms with Crippen molar-refractivity contribution >= 4 is 39.9 Å². The Labute approximate surface area is 158 Å². The average Bonchev–Trinajstić information content (AvgIpc) is 2.94. The van der Waals surface area contributed by atoms with Gasteiger partial charge in [0, 0.05) is 25.1 Å². The van der Waals surface area contributed by atoms with Gasteiger partial charge in [-0.1, -0.05) is 13.8 Å². The van der Waals surface area contributed by atoms with Crippen LogP contribution in [0.1, 0.15) is 53.9 Å². The maximum atomic E-state index is 12.7. The highest BCUT2D eigenvalue weighted by Gasteiger charge is 2.26. The van der Waals surface area contributed by atoms with Crippen LogP contribution in [0.15, 0.2) is 0 Å². The fraction of sp³-hybridized carbons (Fsp3) is 0.667. The molecule has 0 aromatic carbocycles. The number of aryl methyl sites for hydroxylation is 1. The molecule has 0 saturated heterocycles. The van der Waals surface area contributed by atoms with Crippen LogP contribution in [0.4, 0.5) is 5.00 Å². The molecular weight excluding hydrogens is 356 g/mol. The molecule has 0 radical (unpaired) electrons. The zero-order chi connectivity index (χ0) is 18.2. The third-order valence-electron chi connectivity index (χ3n) is 4.01. The first-order chi connectivity index (χ1) is 12.0. The topological polar surface area (TPSA) is 67.4 Å². The van der Waals surface area contributed by atoms with Gasteiger partial charge in [0.05, 0.1) is 11.3 Å². The Hall–Kier alpha value is -1.05. The van der Waals surface area contributed by atoms with Gasteiger partial charge < -0.3 is 15.4 Å². The smallest absolute Gasteiger partial charge is 0.254 e. The molecule has 0 aliphatic heterocycles. The van der Waals surface area contributed by atoms with E-state index in [1.54, 1.807) is 30.2 Å². The second-order valence-electron chi connectivity index (χ2n) is 6.43. The van der Waals surface area contributed by atoms with E-state index >= 15 is 0 Å². The molecular formula is C18H28N2O3S2. The maximum Gasteiger partial charge on any atom is 0.254 e. The first-order valence-corrected chi connectivity index (χ1v) is 10.7. The minimum Gasteiger partial charge on any atom is -0.385 e. The van der Waals surface area contributed by atoms with Crippen molar-refractivity contribution in [3.05, 3.63) is 16.0 Å². The lowest BCUT2D eigenvalue weighted by atomic mass is 9.95. The fourth-order valence-corrected chi connectivity index (χ4v) is 4.67. The number of anilines is 1. The van der Waals surface area contributed by atoms with Crippen molar-refractivity contribution in [2.75, 3.05) is 31.3 Å². The molecule has 0 saturated carbocycles. The first kappa shape index (κ1) is 20.3. The van der Waals surface area contributed by atoms with Crippen molar-refractivity contribution in [3.63, 3.8) is 0 Å². The highest BCUT2D eigenvalue weighted by Crippen LogP contribution is 2.38. The van der Waals surface area contributed by atoms with E-state index in [4.69, 9.17) is 4.74 Å². The van der Waals surface area contributed by atoms with Crippen molar-refractivity contribution < 1.29 is 14.3 Å². The van der Waals surface area contributed by atoms with Gasteiger partial charge in [0.1, 0.15) is 5.00 Å². The molecule has 2 N–H and O–H groups in total. The van der Waals surface area contributed by atoms with Crippen LogP contribution >= 0.6 is 23.1 Å². The average molecular weight is 385 g/mol. The van der Waals surface area contributed by atoms with Gasteiger partial charge in [-0.05, 0) is 42.9 Å². The fourth-order valence-electron chi connectivity index (χ4n) is 2.81. The molecule has 25 heavy (non-hydrogen) atoms. The van der Waals surface area contributed by atoms with Gasteiger partial charge in [0.15, 0.2) is 0 Å². The van der Waals surface area contributed by atoms with E-state index in [-0.39, 0.29) is 11.8 Å². The Morgan fingerprint density at radius 2 is 2.04 bits per heavy atom. The number of carbonyl (C=O) groups excluding carboxylic acids is 2. The van der Waals surface area contributed by atoms with Gasteiger partial charge in [-0.25, -0.2) is 0 Å². The lowest BCUT2D eigenvalue weighted by molar-refractivity contribution is -0.113. The third-order valence-corrected chi connectivity index (χ3v) is 6.31. The number of methoxy groups -OCH3 is 1. The predicted molar refractivity (Wildman–Crippen MR) is 106 cm³/mol. The molecule has 0 unspecified atom stereocenters. The van der Waals surface area contributed by atoms with Gasteiger partial charge in [-0.15, -0.1) is 23.1 Å². The van der Waals surface area contributed by atoms with E-state index in [1.165, 1.54) is 4.88 Å². The Kier molecular flexibility index (Phi) is 8.26. The van der Waals surface area contributed by atoms with Gasteiger partial charge in [-0.3, -0.25) is 9.59 Å². The summed E-state index contributed by atoms with van der Waals surface area (Å²) in [5.74, 6) is 0.294. The summed E-state index contributed by atoms with van der Waals surface area (Å²) >= 11 is 3.18. The lowest BCUT2D eigenvalue weighted by Crippen LogP contribution is -2.27. The molecule has 1 aromatic heterocycles. The molecule has 2 amide bonds. The van der Waals surface area contributed by atoms with E-state index < -0.39 is 0 Å². The minimum atomic E-state index is -0.0812. The summed E-state index contributed by atoms with van der Waals surface area (Å²) in [6, 6.07) is 0. The van der Waals surface area contributed by atoms with Crippen LogP contribution in [-0.2, 0) is 22.4 Å². The predicted octanol–water partition coefficient (Wildman–Crippen LogP) is 3.47. The molecule has 5 nitrogen and oxygen atoms in total. The molecule has 1 aliphatic rings. The number of nitrogens with one attached hydrogen (secondary N) is 2. The number of ether oxygens (including phenoxy) is 1. The normalized spacial score (nSPS) is 13.6. The van der Waals surface area contributed by atoms with Crippen LogP contribution in [0.2, 0.25) is 0 Å². The van der Waals surface area contributed by atoms with E-state index in [2.05, 4.69) is 24.5 Å². The van der Waals surface area contributed by atoms with Crippen molar-refractivity contribution in [1.29, 1.82) is 0 Å². The Balaban J connectivity index is 2.10. The summed E-state index contributed by atoms with van der Waals surface area (Å²) in [5.41, 5.74) is 1.81. The number of thioether (sulfide) groups is 1. The number of rotatable bonds is 9. The SMILES string of the molecule is COCCCNC(=O)c1c(NC(=O)CSC(C)C)sc2c1CCCC2. The Morgan fingerprint density at radius 3 is 2.76 bits per heavy atom. The van der Waals surface area contributed by atoms with Crippen LogP contribution in [0, 0.1) is 0 Å². The maximum absolute atomic E-state index is 12.7. The number of hydrogen-bond acceptors (Lipinski definition) is 5. The van der Waals surface area contributed by atoms with Gasteiger partial charge >= 0.3 is 0 Å². The Morgan fingerprint density at radius 1 is 1.28 bits per heavy atom. The molecule has 7 heteroatoms. The third kappa shape index (κ3) is 6.01. The van der Waals surface area contributed by atoms with Crippen LogP contribution < -0.4 is 10.6 Å². The summed E-state index contributed by atoms with van der Waals surface area (Å²) in [6.45, 7) is 5.34. The minimum absolute atomic E-state index is 0.0364. The molecule has 1 aromatic rings.